The fraction of sp³-hybridized carbons (Fsp3) is 0.154. The van der Waals surface area contributed by atoms with Gasteiger partial charge in [0.2, 0.25) is 0 Å². The number of aromatic nitrogens is 2. The summed E-state index contributed by atoms with van der Waals surface area (Å²) in [6.07, 6.45) is 3.08. The van der Waals surface area contributed by atoms with Gasteiger partial charge in [-0.1, -0.05) is 0 Å². The highest BCUT2D eigenvalue weighted by Crippen LogP contribution is 2.16. The molecule has 0 bridgehead atoms. The number of methoxy groups -OCH3 is 1. The minimum atomic E-state index is -0.705. The van der Waals surface area contributed by atoms with Crippen LogP contribution in [0.5, 0.6) is 0 Å². The lowest BCUT2D eigenvalue weighted by molar-refractivity contribution is 0.0595. The van der Waals surface area contributed by atoms with Crippen molar-refractivity contribution in [3.63, 3.8) is 0 Å². The molecule has 0 radical (unpaired) electrons. The van der Waals surface area contributed by atoms with Crippen LogP contribution in [0.1, 0.15) is 16.1 Å². The molecule has 0 unspecified atom stereocenters. The zero-order chi connectivity index (χ0) is 13.7. The average Bonchev–Trinajstić information content (AvgIpc) is 2.46. The molecule has 2 rings (SSSR count). The van der Waals surface area contributed by atoms with E-state index in [0.717, 1.165) is 5.69 Å². The monoisotopic (exact) mass is 261 g/mol. The van der Waals surface area contributed by atoms with Gasteiger partial charge in [-0.05, 0) is 24.3 Å². The number of esters is 1. The van der Waals surface area contributed by atoms with Crippen LogP contribution < -0.4 is 5.32 Å². The Morgan fingerprint density at radius 3 is 2.95 bits per heavy atom. The third-order valence-electron chi connectivity index (χ3n) is 2.49. The summed E-state index contributed by atoms with van der Waals surface area (Å²) in [5.74, 6) is -1.32. The Kier molecular flexibility index (Phi) is 4.02. The molecule has 1 heterocycles. The lowest BCUT2D eigenvalue weighted by Crippen LogP contribution is -2.07. The number of halogens is 1. The summed E-state index contributed by atoms with van der Waals surface area (Å²) in [5, 5.41) is 3.04. The highest BCUT2D eigenvalue weighted by Gasteiger charge is 2.12. The van der Waals surface area contributed by atoms with E-state index in [1.807, 2.05) is 0 Å². The number of nitrogens with one attached hydrogen (secondary N) is 1. The van der Waals surface area contributed by atoms with Crippen molar-refractivity contribution in [2.45, 2.75) is 6.54 Å². The number of benzene rings is 1. The van der Waals surface area contributed by atoms with Crippen LogP contribution in [0.15, 0.2) is 36.8 Å². The van der Waals surface area contributed by atoms with Crippen LogP contribution in [0, 0.1) is 5.82 Å². The van der Waals surface area contributed by atoms with E-state index in [1.54, 1.807) is 18.3 Å². The van der Waals surface area contributed by atoms with Gasteiger partial charge in [-0.2, -0.15) is 0 Å². The van der Waals surface area contributed by atoms with Gasteiger partial charge in [0.15, 0.2) is 0 Å². The highest BCUT2D eigenvalue weighted by molar-refractivity contribution is 5.90. The van der Waals surface area contributed by atoms with Gasteiger partial charge in [0.1, 0.15) is 12.1 Å². The molecular formula is C13H12FN3O2. The van der Waals surface area contributed by atoms with Gasteiger partial charge in [0, 0.05) is 11.9 Å². The van der Waals surface area contributed by atoms with Crippen LogP contribution >= 0.6 is 0 Å². The van der Waals surface area contributed by atoms with E-state index in [9.17, 15) is 9.18 Å². The van der Waals surface area contributed by atoms with E-state index < -0.39 is 11.8 Å². The van der Waals surface area contributed by atoms with Crippen molar-refractivity contribution < 1.29 is 13.9 Å². The smallest absolute Gasteiger partial charge is 0.340 e. The fourth-order valence-electron chi connectivity index (χ4n) is 1.52. The van der Waals surface area contributed by atoms with E-state index in [2.05, 4.69) is 20.0 Å². The van der Waals surface area contributed by atoms with Gasteiger partial charge in [-0.15, -0.1) is 0 Å². The van der Waals surface area contributed by atoms with Crippen LogP contribution in [-0.2, 0) is 11.3 Å². The summed E-state index contributed by atoms with van der Waals surface area (Å²) < 4.78 is 17.9. The van der Waals surface area contributed by atoms with Gasteiger partial charge in [0.05, 0.1) is 24.9 Å². The molecule has 5 nitrogen and oxygen atoms in total. The lowest BCUT2D eigenvalue weighted by atomic mass is 10.2. The molecule has 6 heteroatoms. The van der Waals surface area contributed by atoms with E-state index in [4.69, 9.17) is 0 Å². The molecule has 0 atom stereocenters. The predicted octanol–water partition coefficient (Wildman–Crippen LogP) is 2.01. The molecule has 98 valence electrons. The maximum absolute atomic E-state index is 13.4. The Labute approximate surface area is 109 Å². The van der Waals surface area contributed by atoms with Crippen molar-refractivity contribution in [2.75, 3.05) is 12.4 Å². The molecule has 0 aliphatic heterocycles. The average molecular weight is 261 g/mol. The van der Waals surface area contributed by atoms with Gasteiger partial charge >= 0.3 is 5.97 Å². The van der Waals surface area contributed by atoms with Crippen molar-refractivity contribution in [2.24, 2.45) is 0 Å². The van der Waals surface area contributed by atoms with Gasteiger partial charge in [0.25, 0.3) is 0 Å². The van der Waals surface area contributed by atoms with Crippen molar-refractivity contribution in [1.82, 2.24) is 9.97 Å². The second kappa shape index (κ2) is 5.90. The summed E-state index contributed by atoms with van der Waals surface area (Å²) in [4.78, 5) is 19.2. The van der Waals surface area contributed by atoms with Crippen LogP contribution in [0.4, 0.5) is 10.1 Å². The molecule has 0 aliphatic rings. The van der Waals surface area contributed by atoms with Crippen LogP contribution in [-0.4, -0.2) is 23.0 Å². The standard InChI is InChI=1S/C13H12FN3O2/c1-19-13(18)11-6-9(2-3-12(11)14)16-7-10-4-5-15-8-17-10/h2-6,8,16H,7H2,1H3. The summed E-state index contributed by atoms with van der Waals surface area (Å²) in [5.41, 5.74) is 1.30. The lowest BCUT2D eigenvalue weighted by Gasteiger charge is -2.08. The maximum atomic E-state index is 13.4. The van der Waals surface area contributed by atoms with Gasteiger partial charge < -0.3 is 10.1 Å². The normalized spacial score (nSPS) is 10.0. The van der Waals surface area contributed by atoms with E-state index in [0.29, 0.717) is 12.2 Å². The SMILES string of the molecule is COC(=O)c1cc(NCc2ccncn2)ccc1F. The van der Waals surface area contributed by atoms with E-state index in [-0.39, 0.29) is 5.56 Å². The number of anilines is 1. The predicted molar refractivity (Wildman–Crippen MR) is 67.1 cm³/mol. The van der Waals surface area contributed by atoms with E-state index >= 15 is 0 Å². The molecule has 0 aliphatic carbocycles. The summed E-state index contributed by atoms with van der Waals surface area (Å²) in [6, 6.07) is 5.93. The molecular weight excluding hydrogens is 249 g/mol. The summed E-state index contributed by atoms with van der Waals surface area (Å²) in [6.45, 7) is 0.453. The second-order valence-corrected chi connectivity index (χ2v) is 3.74. The second-order valence-electron chi connectivity index (χ2n) is 3.74. The number of hydrogen-bond acceptors (Lipinski definition) is 5. The van der Waals surface area contributed by atoms with Crippen LogP contribution in [0.25, 0.3) is 0 Å². The molecule has 0 fully saturated rings. The Morgan fingerprint density at radius 2 is 2.26 bits per heavy atom. The van der Waals surface area contributed by atoms with E-state index in [1.165, 1.54) is 25.6 Å². The molecule has 1 aromatic heterocycles. The summed E-state index contributed by atoms with van der Waals surface area (Å²) in [7, 11) is 1.21. The third kappa shape index (κ3) is 3.25. The Balaban J connectivity index is 2.11. The summed E-state index contributed by atoms with van der Waals surface area (Å²) >= 11 is 0. The van der Waals surface area contributed by atoms with Gasteiger partial charge in [-0.3, -0.25) is 0 Å². The molecule has 2 aromatic rings. The van der Waals surface area contributed by atoms with Crippen molar-refractivity contribution in [1.29, 1.82) is 0 Å². The third-order valence-corrected chi connectivity index (χ3v) is 2.49. The molecule has 0 spiro atoms. The number of carbonyl (C=O) groups excluding carboxylic acids is 1. The largest absolute Gasteiger partial charge is 0.465 e. The molecule has 0 amide bonds. The molecule has 1 N–H and O–H groups in total. The van der Waals surface area contributed by atoms with Crippen molar-refractivity contribution in [3.05, 3.63) is 53.9 Å². The first kappa shape index (κ1) is 12.9. The van der Waals surface area contributed by atoms with Crippen LogP contribution in [0.3, 0.4) is 0 Å². The van der Waals surface area contributed by atoms with Gasteiger partial charge in [-0.25, -0.2) is 19.2 Å². The fourth-order valence-corrected chi connectivity index (χ4v) is 1.52. The van der Waals surface area contributed by atoms with Crippen LogP contribution in [0.2, 0.25) is 0 Å². The van der Waals surface area contributed by atoms with Crippen molar-refractivity contribution in [3.8, 4) is 0 Å². The quantitative estimate of drug-likeness (QED) is 0.853. The zero-order valence-electron chi connectivity index (χ0n) is 10.3. The topological polar surface area (TPSA) is 64.1 Å². The number of hydrogen-bond donors (Lipinski definition) is 1. The maximum Gasteiger partial charge on any atom is 0.340 e. The Morgan fingerprint density at radius 1 is 1.42 bits per heavy atom. The first-order valence-electron chi connectivity index (χ1n) is 5.57. The zero-order valence-corrected chi connectivity index (χ0v) is 10.3. The molecule has 1 aromatic carbocycles. The number of carbonyl (C=O) groups is 1. The Bertz CT molecular complexity index is 575. The number of nitrogens with zero attached hydrogens (tertiary/aromatic N) is 2. The minimum absolute atomic E-state index is 0.102. The minimum Gasteiger partial charge on any atom is -0.465 e. The molecule has 0 saturated carbocycles. The molecule has 0 saturated heterocycles. The Hall–Kier alpha value is -2.50. The molecule has 19 heavy (non-hydrogen) atoms. The number of rotatable bonds is 4. The van der Waals surface area contributed by atoms with Crippen molar-refractivity contribution >= 4 is 11.7 Å². The number of ether oxygens (including phenoxy) is 1. The first-order chi connectivity index (χ1) is 9.20. The first-order valence-corrected chi connectivity index (χ1v) is 5.57. The highest BCUT2D eigenvalue weighted by atomic mass is 19.1.